The topological polar surface area (TPSA) is 102 Å². The van der Waals surface area contributed by atoms with Crippen LogP contribution in [-0.2, 0) is 9.53 Å². The Morgan fingerprint density at radius 3 is 2.15 bits per heavy atom. The van der Waals surface area contributed by atoms with E-state index < -0.39 is 0 Å². The van der Waals surface area contributed by atoms with Gasteiger partial charge in [-0.15, -0.1) is 0 Å². The van der Waals surface area contributed by atoms with Gasteiger partial charge in [0.1, 0.15) is 5.60 Å². The minimum absolute atomic E-state index is 0.00579. The van der Waals surface area contributed by atoms with E-state index in [4.69, 9.17) is 21.6 Å². The molecule has 0 bridgehead atoms. The molecular weight excluding hydrogens is 338 g/mol. The van der Waals surface area contributed by atoms with Crippen molar-refractivity contribution in [3.05, 3.63) is 11.3 Å². The number of ether oxygens (including phenoxy) is 1. The summed E-state index contributed by atoms with van der Waals surface area (Å²) in [5.41, 5.74) is 12.3. The molecular formula is C22H43N3O2. The molecule has 0 aromatic carbocycles. The average molecular weight is 382 g/mol. The van der Waals surface area contributed by atoms with Gasteiger partial charge >= 0.3 is 5.97 Å². The molecule has 1 aliphatic rings. The number of carbonyl (C=O) groups is 1. The molecule has 0 fully saturated rings. The number of allylic oxidation sites excluding steroid dienone is 1. The third-order valence-electron chi connectivity index (χ3n) is 4.64. The summed E-state index contributed by atoms with van der Waals surface area (Å²) in [7, 11) is 0. The Balaban J connectivity index is 0.000000569. The van der Waals surface area contributed by atoms with Crippen molar-refractivity contribution in [3.63, 3.8) is 0 Å². The Labute approximate surface area is 166 Å². The maximum Gasteiger partial charge on any atom is 0.312 e. The first kappa shape index (κ1) is 25.6. The maximum absolute atomic E-state index is 12.1. The zero-order valence-electron chi connectivity index (χ0n) is 18.9. The van der Waals surface area contributed by atoms with Gasteiger partial charge in [0.05, 0.1) is 5.41 Å². The summed E-state index contributed by atoms with van der Waals surface area (Å²) in [6, 6.07) is 0.00579. The monoisotopic (exact) mass is 381 g/mol. The lowest BCUT2D eigenvalue weighted by molar-refractivity contribution is -0.170. The number of carbonyl (C=O) groups excluding carboxylic acids is 1. The molecule has 5 nitrogen and oxygen atoms in total. The van der Waals surface area contributed by atoms with E-state index in [1.165, 1.54) is 6.21 Å². The first-order valence-corrected chi connectivity index (χ1v) is 10.1. The minimum atomic E-state index is -0.389. The van der Waals surface area contributed by atoms with Crippen molar-refractivity contribution in [2.75, 3.05) is 0 Å². The van der Waals surface area contributed by atoms with Crippen molar-refractivity contribution in [1.82, 2.24) is 0 Å². The van der Waals surface area contributed by atoms with Crippen molar-refractivity contribution in [2.45, 2.75) is 106 Å². The number of hydrogen-bond donors (Lipinski definition) is 3. The molecule has 1 rings (SSSR count). The van der Waals surface area contributed by atoms with Gasteiger partial charge < -0.3 is 21.6 Å². The zero-order chi connectivity index (χ0) is 21.5. The van der Waals surface area contributed by atoms with E-state index in [0.717, 1.165) is 49.8 Å². The molecule has 1 atom stereocenters. The summed E-state index contributed by atoms with van der Waals surface area (Å²) in [6.07, 6.45) is 6.94. The highest BCUT2D eigenvalue weighted by Crippen LogP contribution is 2.33. The predicted octanol–water partition coefficient (Wildman–Crippen LogP) is 4.93. The summed E-state index contributed by atoms with van der Waals surface area (Å²) in [5, 5.41) is 7.02. The highest BCUT2D eigenvalue weighted by molar-refractivity contribution is 5.78. The van der Waals surface area contributed by atoms with Gasteiger partial charge in [-0.3, -0.25) is 4.79 Å². The van der Waals surface area contributed by atoms with E-state index >= 15 is 0 Å². The molecule has 0 saturated carbocycles. The van der Waals surface area contributed by atoms with Crippen molar-refractivity contribution in [1.29, 1.82) is 5.41 Å². The molecule has 0 aromatic heterocycles. The fraction of sp³-hybridized carbons (Fsp3) is 0.818. The van der Waals surface area contributed by atoms with Gasteiger partial charge in [0, 0.05) is 23.5 Å². The second kappa shape index (κ2) is 10.3. The molecule has 27 heavy (non-hydrogen) atoms. The van der Waals surface area contributed by atoms with Crippen molar-refractivity contribution >= 4 is 12.2 Å². The van der Waals surface area contributed by atoms with E-state index in [0.29, 0.717) is 0 Å². The molecule has 0 heterocycles. The van der Waals surface area contributed by atoms with E-state index in [2.05, 4.69) is 27.7 Å². The van der Waals surface area contributed by atoms with Crippen LogP contribution in [0.15, 0.2) is 11.3 Å². The SMILES string of the molecule is CCCC(C)(C)C(=O)OC(C)(C)CC(C)(C)C.N=CC1=C(N)CCCC1N. The Morgan fingerprint density at radius 2 is 1.78 bits per heavy atom. The van der Waals surface area contributed by atoms with Crippen LogP contribution in [0, 0.1) is 16.2 Å². The Morgan fingerprint density at radius 1 is 1.22 bits per heavy atom. The van der Waals surface area contributed by atoms with E-state index in [1.54, 1.807) is 0 Å². The lowest BCUT2D eigenvalue weighted by Crippen LogP contribution is -2.38. The van der Waals surface area contributed by atoms with Gasteiger partial charge in [-0.1, -0.05) is 34.1 Å². The quantitative estimate of drug-likeness (QED) is 0.448. The third-order valence-corrected chi connectivity index (χ3v) is 4.64. The number of nitrogens with one attached hydrogen (secondary N) is 1. The van der Waals surface area contributed by atoms with E-state index in [1.807, 2.05) is 27.7 Å². The summed E-state index contributed by atoms with van der Waals surface area (Å²) in [4.78, 5) is 12.1. The predicted molar refractivity (Wildman–Crippen MR) is 115 cm³/mol. The number of esters is 1. The first-order valence-electron chi connectivity index (χ1n) is 10.1. The van der Waals surface area contributed by atoms with E-state index in [-0.39, 0.29) is 28.4 Å². The van der Waals surface area contributed by atoms with Crippen LogP contribution >= 0.6 is 0 Å². The lowest BCUT2D eigenvalue weighted by atomic mass is 9.83. The minimum Gasteiger partial charge on any atom is -0.459 e. The molecule has 0 amide bonds. The normalized spacial score (nSPS) is 18.5. The van der Waals surface area contributed by atoms with Crippen LogP contribution in [0.5, 0.6) is 0 Å². The second-order valence-corrected chi connectivity index (χ2v) is 10.1. The third kappa shape index (κ3) is 9.94. The Kier molecular flexibility index (Phi) is 9.74. The fourth-order valence-electron chi connectivity index (χ4n) is 3.68. The van der Waals surface area contributed by atoms with Crippen LogP contribution in [0.2, 0.25) is 0 Å². The molecule has 158 valence electrons. The largest absolute Gasteiger partial charge is 0.459 e. The van der Waals surface area contributed by atoms with Gasteiger partial charge in [0.25, 0.3) is 0 Å². The Hall–Kier alpha value is -1.36. The van der Waals surface area contributed by atoms with Crippen LogP contribution < -0.4 is 11.5 Å². The summed E-state index contributed by atoms with van der Waals surface area (Å²) >= 11 is 0. The fourth-order valence-corrected chi connectivity index (χ4v) is 3.68. The van der Waals surface area contributed by atoms with Gasteiger partial charge in [-0.25, -0.2) is 0 Å². The Bertz CT molecular complexity index is 528. The molecule has 0 saturated heterocycles. The highest BCUT2D eigenvalue weighted by atomic mass is 16.6. The van der Waals surface area contributed by atoms with E-state index in [9.17, 15) is 4.79 Å². The lowest BCUT2D eigenvalue weighted by Gasteiger charge is -2.35. The summed E-state index contributed by atoms with van der Waals surface area (Å²) in [6.45, 7) is 16.5. The highest BCUT2D eigenvalue weighted by Gasteiger charge is 2.35. The standard InChI is InChI=1S/C15H30O2.C7H13N3/c1-9-10-14(5,6)12(16)17-15(7,8)11-13(2,3)4;8-4-5-6(9)2-1-3-7(5)10/h9-11H2,1-8H3;4,6,8H,1-3,9-10H2. The van der Waals surface area contributed by atoms with Gasteiger partial charge in [0.15, 0.2) is 0 Å². The molecule has 0 spiro atoms. The summed E-state index contributed by atoms with van der Waals surface area (Å²) < 4.78 is 5.69. The van der Waals surface area contributed by atoms with Crippen LogP contribution in [0.1, 0.15) is 93.9 Å². The molecule has 0 aliphatic heterocycles. The molecule has 0 radical (unpaired) electrons. The maximum atomic E-state index is 12.1. The van der Waals surface area contributed by atoms with Gasteiger partial charge in [-0.2, -0.15) is 0 Å². The smallest absolute Gasteiger partial charge is 0.312 e. The van der Waals surface area contributed by atoms with Crippen molar-refractivity contribution < 1.29 is 9.53 Å². The second-order valence-electron chi connectivity index (χ2n) is 10.1. The number of nitrogens with two attached hydrogens (primary N) is 2. The molecule has 0 aromatic rings. The number of rotatable bonds is 6. The number of hydrogen-bond acceptors (Lipinski definition) is 5. The average Bonchev–Trinajstić information content (AvgIpc) is 2.44. The van der Waals surface area contributed by atoms with Crippen molar-refractivity contribution in [3.8, 4) is 0 Å². The molecule has 1 unspecified atom stereocenters. The summed E-state index contributed by atoms with van der Waals surface area (Å²) in [5.74, 6) is -0.0754. The zero-order valence-corrected chi connectivity index (χ0v) is 18.9. The van der Waals surface area contributed by atoms with Gasteiger partial charge in [0.2, 0.25) is 0 Å². The van der Waals surface area contributed by atoms with Crippen LogP contribution in [0.4, 0.5) is 0 Å². The molecule has 5 heteroatoms. The van der Waals surface area contributed by atoms with Gasteiger partial charge in [-0.05, 0) is 65.2 Å². The van der Waals surface area contributed by atoms with Crippen molar-refractivity contribution in [2.24, 2.45) is 22.3 Å². The van der Waals surface area contributed by atoms with Crippen LogP contribution in [0.25, 0.3) is 0 Å². The molecule has 5 N–H and O–H groups in total. The van der Waals surface area contributed by atoms with Crippen LogP contribution in [-0.4, -0.2) is 23.8 Å². The molecule has 1 aliphatic carbocycles. The first-order chi connectivity index (χ1) is 12.1. The van der Waals surface area contributed by atoms with Crippen LogP contribution in [0.3, 0.4) is 0 Å².